The zero-order chi connectivity index (χ0) is 13.6. The highest BCUT2D eigenvalue weighted by Gasteiger charge is 2.42. The van der Waals surface area contributed by atoms with E-state index in [2.05, 4.69) is 0 Å². The standard InChI is InChI=1S/C13H14Cl2O4/c14-8-3-6-1-2-18-12(7(6)4-9(8)15)13-11(17)10(16)5-19-13/h3-4,10-13,16-17H,1-2,5H2/t10?,11?,12-,13?/m1/s1. The average Bonchev–Trinajstić information content (AvgIpc) is 2.71. The van der Waals surface area contributed by atoms with E-state index in [1.54, 1.807) is 6.07 Å². The first-order valence-corrected chi connectivity index (χ1v) is 6.90. The van der Waals surface area contributed by atoms with Gasteiger partial charge in [0, 0.05) is 0 Å². The summed E-state index contributed by atoms with van der Waals surface area (Å²) < 4.78 is 11.1. The second-order valence-electron chi connectivity index (χ2n) is 4.86. The molecule has 0 spiro atoms. The molecule has 1 saturated heterocycles. The Hall–Kier alpha value is -0.360. The number of halogens is 2. The van der Waals surface area contributed by atoms with Crippen LogP contribution in [0.3, 0.4) is 0 Å². The minimum atomic E-state index is -0.953. The summed E-state index contributed by atoms with van der Waals surface area (Å²) in [7, 11) is 0. The zero-order valence-electron chi connectivity index (χ0n) is 10.1. The maximum Gasteiger partial charge on any atom is 0.116 e. The first-order chi connectivity index (χ1) is 9.08. The van der Waals surface area contributed by atoms with E-state index in [9.17, 15) is 10.2 Å². The van der Waals surface area contributed by atoms with E-state index >= 15 is 0 Å². The minimum Gasteiger partial charge on any atom is -0.388 e. The molecule has 1 fully saturated rings. The second-order valence-corrected chi connectivity index (χ2v) is 5.68. The molecule has 0 bridgehead atoms. The Bertz CT molecular complexity index is 494. The first kappa shape index (κ1) is 13.6. The van der Waals surface area contributed by atoms with Gasteiger partial charge in [-0.3, -0.25) is 0 Å². The zero-order valence-corrected chi connectivity index (χ0v) is 11.6. The van der Waals surface area contributed by atoms with Gasteiger partial charge >= 0.3 is 0 Å². The van der Waals surface area contributed by atoms with Crippen molar-refractivity contribution in [2.75, 3.05) is 13.2 Å². The van der Waals surface area contributed by atoms with Gasteiger partial charge in [0.05, 0.1) is 23.3 Å². The van der Waals surface area contributed by atoms with E-state index in [1.165, 1.54) is 0 Å². The number of benzene rings is 1. The van der Waals surface area contributed by atoms with Crippen molar-refractivity contribution >= 4 is 23.2 Å². The summed E-state index contributed by atoms with van der Waals surface area (Å²) in [5.41, 5.74) is 1.92. The molecule has 19 heavy (non-hydrogen) atoms. The molecular weight excluding hydrogens is 291 g/mol. The SMILES string of the molecule is OC1COC([C@@H]2OCCc3cc(Cl)c(Cl)cc32)C1O. The van der Waals surface area contributed by atoms with Gasteiger partial charge in [0.1, 0.15) is 24.4 Å². The molecule has 0 amide bonds. The van der Waals surface area contributed by atoms with Crippen LogP contribution in [-0.2, 0) is 15.9 Å². The predicted octanol–water partition coefficient (Wildman–Crippen LogP) is 1.73. The maximum atomic E-state index is 9.95. The van der Waals surface area contributed by atoms with Crippen LogP contribution in [-0.4, -0.2) is 41.7 Å². The second kappa shape index (κ2) is 5.20. The Morgan fingerprint density at radius 3 is 2.53 bits per heavy atom. The predicted molar refractivity (Wildman–Crippen MR) is 70.6 cm³/mol. The van der Waals surface area contributed by atoms with Crippen molar-refractivity contribution in [1.29, 1.82) is 0 Å². The number of hydrogen-bond acceptors (Lipinski definition) is 4. The lowest BCUT2D eigenvalue weighted by atomic mass is 9.92. The summed E-state index contributed by atoms with van der Waals surface area (Å²) in [5, 5.41) is 20.5. The number of ether oxygens (including phenoxy) is 2. The van der Waals surface area contributed by atoms with Gasteiger partial charge in [-0.2, -0.15) is 0 Å². The molecule has 4 nitrogen and oxygen atoms in total. The topological polar surface area (TPSA) is 58.9 Å². The molecule has 2 aliphatic rings. The summed E-state index contributed by atoms with van der Waals surface area (Å²) in [6.45, 7) is 0.640. The van der Waals surface area contributed by atoms with Gasteiger partial charge in [-0.25, -0.2) is 0 Å². The Morgan fingerprint density at radius 2 is 1.84 bits per heavy atom. The lowest BCUT2D eigenvalue weighted by Gasteiger charge is -2.31. The number of aliphatic hydroxyl groups is 2. The summed E-state index contributed by atoms with van der Waals surface area (Å²) in [6.07, 6.45) is -2.09. The van der Waals surface area contributed by atoms with Crippen LogP contribution in [0.4, 0.5) is 0 Å². The van der Waals surface area contributed by atoms with Gasteiger partial charge in [-0.15, -0.1) is 0 Å². The molecular formula is C13H14Cl2O4. The first-order valence-electron chi connectivity index (χ1n) is 6.15. The fourth-order valence-corrected chi connectivity index (χ4v) is 2.99. The van der Waals surface area contributed by atoms with Gasteiger partial charge in [0.15, 0.2) is 0 Å². The maximum absolute atomic E-state index is 9.95. The van der Waals surface area contributed by atoms with Crippen molar-refractivity contribution in [1.82, 2.24) is 0 Å². The van der Waals surface area contributed by atoms with Gasteiger partial charge in [-0.1, -0.05) is 23.2 Å². The van der Waals surface area contributed by atoms with Crippen LogP contribution in [0, 0.1) is 0 Å². The van der Waals surface area contributed by atoms with Crippen molar-refractivity contribution in [2.24, 2.45) is 0 Å². The van der Waals surface area contributed by atoms with Crippen LogP contribution < -0.4 is 0 Å². The molecule has 4 atom stereocenters. The monoisotopic (exact) mass is 304 g/mol. The normalized spacial score (nSPS) is 34.3. The van der Waals surface area contributed by atoms with E-state index in [0.717, 1.165) is 17.5 Å². The van der Waals surface area contributed by atoms with E-state index in [4.69, 9.17) is 32.7 Å². The fourth-order valence-electron chi connectivity index (χ4n) is 2.63. The Kier molecular flexibility index (Phi) is 3.73. The molecule has 3 rings (SSSR count). The Labute approximate surface area is 120 Å². The molecule has 1 aromatic rings. The van der Waals surface area contributed by atoms with E-state index in [-0.39, 0.29) is 6.61 Å². The molecule has 104 valence electrons. The number of fused-ring (bicyclic) bond motifs is 1. The highest BCUT2D eigenvalue weighted by atomic mass is 35.5. The highest BCUT2D eigenvalue weighted by molar-refractivity contribution is 6.42. The minimum absolute atomic E-state index is 0.113. The van der Waals surface area contributed by atoms with Gasteiger partial charge in [0.2, 0.25) is 0 Å². The van der Waals surface area contributed by atoms with Crippen molar-refractivity contribution in [3.63, 3.8) is 0 Å². The largest absolute Gasteiger partial charge is 0.388 e. The summed E-state index contributed by atoms with van der Waals surface area (Å²) in [4.78, 5) is 0. The van der Waals surface area contributed by atoms with Crippen molar-refractivity contribution < 1.29 is 19.7 Å². The van der Waals surface area contributed by atoms with Gasteiger partial charge in [-0.05, 0) is 29.7 Å². The molecule has 0 aliphatic carbocycles. The summed E-state index contributed by atoms with van der Waals surface area (Å²) >= 11 is 12.1. The molecule has 0 saturated carbocycles. The van der Waals surface area contributed by atoms with E-state index in [0.29, 0.717) is 16.7 Å². The van der Waals surface area contributed by atoms with Crippen LogP contribution >= 0.6 is 23.2 Å². The lowest BCUT2D eigenvalue weighted by Crippen LogP contribution is -2.37. The molecule has 3 unspecified atom stereocenters. The fraction of sp³-hybridized carbons (Fsp3) is 0.538. The third-order valence-corrected chi connectivity index (χ3v) is 4.37. The van der Waals surface area contributed by atoms with Crippen LogP contribution in [0.1, 0.15) is 17.2 Å². The van der Waals surface area contributed by atoms with Crippen LogP contribution in [0.15, 0.2) is 12.1 Å². The van der Waals surface area contributed by atoms with Crippen LogP contribution in [0.2, 0.25) is 10.0 Å². The molecule has 0 aromatic heterocycles. The summed E-state index contributed by atoms with van der Waals surface area (Å²) in [5.74, 6) is 0. The molecule has 2 N–H and O–H groups in total. The van der Waals surface area contributed by atoms with Crippen molar-refractivity contribution in [3.05, 3.63) is 33.3 Å². The Morgan fingerprint density at radius 1 is 1.11 bits per heavy atom. The highest BCUT2D eigenvalue weighted by Crippen LogP contribution is 2.38. The number of hydrogen-bond donors (Lipinski definition) is 2. The molecule has 6 heteroatoms. The third-order valence-electron chi connectivity index (χ3n) is 3.65. The third kappa shape index (κ3) is 2.37. The molecule has 0 radical (unpaired) electrons. The van der Waals surface area contributed by atoms with Gasteiger partial charge in [0.25, 0.3) is 0 Å². The van der Waals surface area contributed by atoms with Crippen molar-refractivity contribution in [2.45, 2.75) is 30.8 Å². The number of rotatable bonds is 1. The summed E-state index contributed by atoms with van der Waals surface area (Å²) in [6, 6.07) is 3.58. The average molecular weight is 305 g/mol. The van der Waals surface area contributed by atoms with Crippen LogP contribution in [0.5, 0.6) is 0 Å². The lowest BCUT2D eigenvalue weighted by molar-refractivity contribution is -0.0902. The molecule has 2 heterocycles. The van der Waals surface area contributed by atoms with Crippen molar-refractivity contribution in [3.8, 4) is 0 Å². The van der Waals surface area contributed by atoms with Gasteiger partial charge < -0.3 is 19.7 Å². The van der Waals surface area contributed by atoms with E-state index < -0.39 is 24.4 Å². The molecule has 1 aromatic carbocycles. The van der Waals surface area contributed by atoms with E-state index in [1.807, 2.05) is 6.07 Å². The Balaban J connectivity index is 1.96. The molecule has 2 aliphatic heterocycles. The quantitative estimate of drug-likeness (QED) is 0.829. The number of aliphatic hydroxyl groups excluding tert-OH is 2. The smallest absolute Gasteiger partial charge is 0.116 e. The van der Waals surface area contributed by atoms with Crippen LogP contribution in [0.25, 0.3) is 0 Å².